The molecule has 0 saturated carbocycles. The molecule has 0 spiro atoms. The van der Waals surface area contributed by atoms with E-state index in [0.29, 0.717) is 0 Å². The zero-order chi connectivity index (χ0) is 17.7. The van der Waals surface area contributed by atoms with E-state index >= 15 is 0 Å². The van der Waals surface area contributed by atoms with E-state index in [2.05, 4.69) is 44.5 Å². The molecular formula is C24H41. The van der Waals surface area contributed by atoms with Crippen molar-refractivity contribution in [3.63, 3.8) is 0 Å². The van der Waals surface area contributed by atoms with Gasteiger partial charge >= 0.3 is 0 Å². The summed E-state index contributed by atoms with van der Waals surface area (Å²) < 4.78 is 0. The van der Waals surface area contributed by atoms with Crippen LogP contribution in [0.4, 0.5) is 0 Å². The predicted molar refractivity (Wildman–Crippen MR) is 110 cm³/mol. The smallest absolute Gasteiger partial charge is 0.0812 e. The number of rotatable bonds is 14. The van der Waals surface area contributed by atoms with Crippen LogP contribution in [-0.4, -0.2) is 0 Å². The molecule has 137 valence electrons. The molecule has 1 atom stereocenters. The van der Waals surface area contributed by atoms with Gasteiger partial charge in [0.25, 0.3) is 0 Å². The highest BCUT2D eigenvalue weighted by Gasteiger charge is 1.92. The summed E-state index contributed by atoms with van der Waals surface area (Å²) in [5.74, 6) is 12.9. The van der Waals surface area contributed by atoms with Crippen molar-refractivity contribution >= 4 is 0 Å². The van der Waals surface area contributed by atoms with E-state index in [1.807, 2.05) is 0 Å². The third-order valence-electron chi connectivity index (χ3n) is 4.36. The molecule has 0 aromatic heterocycles. The molecule has 1 unspecified atom stereocenters. The Morgan fingerprint density at radius 3 is 1.25 bits per heavy atom. The van der Waals surface area contributed by atoms with Crippen LogP contribution in [-0.2, 0) is 0 Å². The maximum atomic E-state index is 4.02. The van der Waals surface area contributed by atoms with Crippen LogP contribution in [0.25, 0.3) is 0 Å². The monoisotopic (exact) mass is 329 g/mol. The number of hydrogen-bond donors (Lipinski definition) is 0. The molecule has 0 N–H and O–H groups in total. The Morgan fingerprint density at radius 1 is 0.542 bits per heavy atom. The second-order valence-electron chi connectivity index (χ2n) is 6.94. The molecule has 0 aromatic rings. The fourth-order valence-electron chi connectivity index (χ4n) is 2.77. The Hall–Kier alpha value is -0.880. The minimum absolute atomic E-state index is 0.000801. The van der Waals surface area contributed by atoms with E-state index in [4.69, 9.17) is 0 Å². The average Bonchev–Trinajstić information content (AvgIpc) is 2.59. The third kappa shape index (κ3) is 19.2. The van der Waals surface area contributed by atoms with Crippen LogP contribution in [0.3, 0.4) is 0 Å². The average molecular weight is 330 g/mol. The van der Waals surface area contributed by atoms with Crippen LogP contribution in [0, 0.1) is 36.5 Å². The van der Waals surface area contributed by atoms with Crippen LogP contribution in [0.5, 0.6) is 0 Å². The molecule has 0 heterocycles. The lowest BCUT2D eigenvalue weighted by Gasteiger charge is -1.99. The quantitative estimate of drug-likeness (QED) is 0.226. The molecule has 0 bridgehead atoms. The topological polar surface area (TPSA) is 0 Å². The lowest BCUT2D eigenvalue weighted by molar-refractivity contribution is 0.579. The number of hydrogen-bond acceptors (Lipinski definition) is 0. The zero-order valence-electron chi connectivity index (χ0n) is 16.6. The summed E-state index contributed by atoms with van der Waals surface area (Å²) in [6.45, 7) is 8.56. The van der Waals surface area contributed by atoms with Crippen molar-refractivity contribution in [3.05, 3.63) is 6.92 Å². The molecular weight excluding hydrogens is 288 g/mol. The SMILES string of the molecule is [CH2]C(C#CCCCCCCCC)C#CCCCCCCCCCC. The molecule has 0 amide bonds. The van der Waals surface area contributed by atoms with Crippen LogP contribution in [0.15, 0.2) is 0 Å². The molecule has 0 nitrogen and oxygen atoms in total. The first kappa shape index (κ1) is 23.1. The second-order valence-corrected chi connectivity index (χ2v) is 6.94. The van der Waals surface area contributed by atoms with Crippen molar-refractivity contribution < 1.29 is 0 Å². The van der Waals surface area contributed by atoms with Crippen molar-refractivity contribution in [2.24, 2.45) is 5.92 Å². The maximum Gasteiger partial charge on any atom is 0.0812 e. The highest BCUT2D eigenvalue weighted by atomic mass is 14.0. The first-order valence-corrected chi connectivity index (χ1v) is 10.6. The first-order chi connectivity index (χ1) is 11.8. The molecule has 0 aliphatic rings. The van der Waals surface area contributed by atoms with Crippen molar-refractivity contribution in [2.75, 3.05) is 0 Å². The van der Waals surface area contributed by atoms with E-state index in [1.54, 1.807) is 0 Å². The Bertz CT molecular complexity index is 357. The van der Waals surface area contributed by atoms with Gasteiger partial charge in [-0.05, 0) is 19.8 Å². The third-order valence-corrected chi connectivity index (χ3v) is 4.36. The van der Waals surface area contributed by atoms with E-state index in [-0.39, 0.29) is 5.92 Å². The van der Waals surface area contributed by atoms with Crippen LogP contribution in [0.1, 0.15) is 117 Å². The maximum absolute atomic E-state index is 4.02. The largest absolute Gasteiger partial charge is 0.102 e. The summed E-state index contributed by atoms with van der Waals surface area (Å²) >= 11 is 0. The molecule has 0 fully saturated rings. The number of unbranched alkanes of at least 4 members (excludes halogenated alkanes) is 14. The van der Waals surface area contributed by atoms with E-state index in [1.165, 1.54) is 89.9 Å². The standard InChI is InChI=1S/C24H41/c1-4-6-8-10-12-14-15-17-19-21-23-24(3)22-20-18-16-13-11-9-7-5-2/h24H,3-19H2,1-2H3. The molecule has 24 heavy (non-hydrogen) atoms. The van der Waals surface area contributed by atoms with Gasteiger partial charge in [-0.2, -0.15) is 0 Å². The highest BCUT2D eigenvalue weighted by molar-refractivity contribution is 5.19. The van der Waals surface area contributed by atoms with Gasteiger partial charge < -0.3 is 0 Å². The Balaban J connectivity index is 3.43. The van der Waals surface area contributed by atoms with Crippen molar-refractivity contribution in [2.45, 2.75) is 117 Å². The van der Waals surface area contributed by atoms with Gasteiger partial charge in [0.15, 0.2) is 0 Å². The van der Waals surface area contributed by atoms with E-state index < -0.39 is 0 Å². The van der Waals surface area contributed by atoms with Gasteiger partial charge in [-0.25, -0.2) is 0 Å². The van der Waals surface area contributed by atoms with Gasteiger partial charge in [0, 0.05) is 12.8 Å². The van der Waals surface area contributed by atoms with Gasteiger partial charge in [0.1, 0.15) is 0 Å². The summed E-state index contributed by atoms with van der Waals surface area (Å²) in [5, 5.41) is 0. The van der Waals surface area contributed by atoms with E-state index in [0.717, 1.165) is 12.8 Å². The minimum atomic E-state index is -0.000801. The molecule has 0 rings (SSSR count). The fraction of sp³-hybridized carbons (Fsp3) is 0.792. The van der Waals surface area contributed by atoms with Crippen LogP contribution < -0.4 is 0 Å². The first-order valence-electron chi connectivity index (χ1n) is 10.6. The minimum Gasteiger partial charge on any atom is -0.102 e. The van der Waals surface area contributed by atoms with Crippen molar-refractivity contribution in [3.8, 4) is 23.7 Å². The summed E-state index contributed by atoms with van der Waals surface area (Å²) in [5.41, 5.74) is 0. The van der Waals surface area contributed by atoms with Gasteiger partial charge in [-0.1, -0.05) is 103 Å². The predicted octanol–water partition coefficient (Wildman–Crippen LogP) is 7.72. The lowest BCUT2D eigenvalue weighted by atomic mass is 10.1. The lowest BCUT2D eigenvalue weighted by Crippen LogP contribution is -1.85. The molecule has 0 aromatic carbocycles. The van der Waals surface area contributed by atoms with Crippen molar-refractivity contribution in [1.82, 2.24) is 0 Å². The fourth-order valence-corrected chi connectivity index (χ4v) is 2.77. The summed E-state index contributed by atoms with van der Waals surface area (Å²) in [6, 6.07) is 0. The second kappa shape index (κ2) is 20.2. The van der Waals surface area contributed by atoms with Gasteiger partial charge in [-0.3, -0.25) is 0 Å². The van der Waals surface area contributed by atoms with Crippen LogP contribution in [0.2, 0.25) is 0 Å². The van der Waals surface area contributed by atoms with Crippen molar-refractivity contribution in [1.29, 1.82) is 0 Å². The van der Waals surface area contributed by atoms with E-state index in [9.17, 15) is 0 Å². The Labute approximate surface area is 153 Å². The molecule has 0 aliphatic heterocycles. The summed E-state index contributed by atoms with van der Waals surface area (Å²) in [4.78, 5) is 0. The Morgan fingerprint density at radius 2 is 0.875 bits per heavy atom. The normalized spacial score (nSPS) is 11.3. The summed E-state index contributed by atoms with van der Waals surface area (Å²) in [6.07, 6.45) is 20.9. The molecule has 0 heteroatoms. The molecule has 0 aliphatic carbocycles. The van der Waals surface area contributed by atoms with Crippen LogP contribution >= 0.6 is 0 Å². The molecule has 0 saturated heterocycles. The highest BCUT2D eigenvalue weighted by Crippen LogP contribution is 2.09. The summed E-state index contributed by atoms with van der Waals surface area (Å²) in [7, 11) is 0. The van der Waals surface area contributed by atoms with Gasteiger partial charge in [0.05, 0.1) is 5.92 Å². The van der Waals surface area contributed by atoms with Gasteiger partial charge in [0.2, 0.25) is 0 Å². The Kier molecular flexibility index (Phi) is 19.4. The molecule has 1 radical (unpaired) electrons. The zero-order valence-corrected chi connectivity index (χ0v) is 16.6. The van der Waals surface area contributed by atoms with Gasteiger partial charge in [-0.15, -0.1) is 11.8 Å².